The Hall–Kier alpha value is -0.610. The van der Waals surface area contributed by atoms with E-state index in [9.17, 15) is 9.90 Å². The number of carboxylic acids is 1. The van der Waals surface area contributed by atoms with Crippen molar-refractivity contribution < 1.29 is 15.0 Å². The number of aliphatic carboxylic acids is 1. The first-order chi connectivity index (χ1) is 6.84. The van der Waals surface area contributed by atoms with Gasteiger partial charge in [-0.3, -0.25) is 9.69 Å². The van der Waals surface area contributed by atoms with Crippen LogP contribution in [0.4, 0.5) is 0 Å². The second-order valence-electron chi connectivity index (χ2n) is 4.32. The monoisotopic (exact) mass is 217 g/mol. The molecular formula is C11H23NO3. The van der Waals surface area contributed by atoms with Crippen molar-refractivity contribution in [3.05, 3.63) is 0 Å². The summed E-state index contributed by atoms with van der Waals surface area (Å²) in [6, 6.07) is 0.130. The van der Waals surface area contributed by atoms with Gasteiger partial charge in [0.2, 0.25) is 0 Å². The Morgan fingerprint density at radius 1 is 1.33 bits per heavy atom. The molecule has 0 aromatic heterocycles. The Balaban J connectivity index is 4.45. The summed E-state index contributed by atoms with van der Waals surface area (Å²) in [5, 5.41) is 18.9. The zero-order valence-electron chi connectivity index (χ0n) is 10.2. The number of hydrogen-bond acceptors (Lipinski definition) is 3. The van der Waals surface area contributed by atoms with E-state index in [1.54, 1.807) is 4.90 Å². The fraction of sp³-hybridized carbons (Fsp3) is 0.909. The number of nitrogens with zero attached hydrogens (tertiary/aromatic N) is 1. The molecule has 0 saturated heterocycles. The maximum absolute atomic E-state index is 10.7. The van der Waals surface area contributed by atoms with Crippen molar-refractivity contribution in [2.75, 3.05) is 13.1 Å². The summed E-state index contributed by atoms with van der Waals surface area (Å²) in [4.78, 5) is 12.4. The van der Waals surface area contributed by atoms with Crippen molar-refractivity contribution in [3.8, 4) is 0 Å². The van der Waals surface area contributed by atoms with Gasteiger partial charge in [-0.1, -0.05) is 13.8 Å². The molecule has 4 heteroatoms. The topological polar surface area (TPSA) is 60.8 Å². The predicted octanol–water partition coefficient (Wildman–Crippen LogP) is 1.33. The number of rotatable bonds is 7. The minimum atomic E-state index is -0.849. The normalized spacial score (nSPS) is 12.5. The van der Waals surface area contributed by atoms with Crippen molar-refractivity contribution >= 4 is 5.97 Å². The van der Waals surface area contributed by atoms with Crippen molar-refractivity contribution in [1.29, 1.82) is 0 Å². The van der Waals surface area contributed by atoms with Gasteiger partial charge in [-0.25, -0.2) is 0 Å². The lowest BCUT2D eigenvalue weighted by atomic mass is 9.96. The highest BCUT2D eigenvalue weighted by Crippen LogP contribution is 2.17. The van der Waals surface area contributed by atoms with Crippen LogP contribution in [0.25, 0.3) is 0 Å². The molecule has 0 spiro atoms. The minimum Gasteiger partial charge on any atom is -0.480 e. The van der Waals surface area contributed by atoms with Crippen LogP contribution in [-0.4, -0.2) is 45.8 Å². The molecule has 0 amide bonds. The van der Waals surface area contributed by atoms with Gasteiger partial charge >= 0.3 is 5.97 Å². The quantitative estimate of drug-likeness (QED) is 0.675. The standard InChI is InChI=1S/C11H23NO3/c1-5-11(15,6-2)8-12(9(3)4)7-10(13)14/h9,15H,5-8H2,1-4H3,(H,13,14). The molecule has 0 bridgehead atoms. The molecule has 0 aliphatic carbocycles. The van der Waals surface area contributed by atoms with Crippen LogP contribution in [0.15, 0.2) is 0 Å². The van der Waals surface area contributed by atoms with E-state index in [0.29, 0.717) is 19.4 Å². The van der Waals surface area contributed by atoms with Crippen LogP contribution in [-0.2, 0) is 4.79 Å². The summed E-state index contributed by atoms with van der Waals surface area (Å²) in [6.45, 7) is 8.12. The number of carbonyl (C=O) groups is 1. The zero-order valence-corrected chi connectivity index (χ0v) is 10.2. The fourth-order valence-corrected chi connectivity index (χ4v) is 1.45. The first-order valence-corrected chi connectivity index (χ1v) is 5.53. The van der Waals surface area contributed by atoms with Gasteiger partial charge in [0, 0.05) is 12.6 Å². The second-order valence-corrected chi connectivity index (χ2v) is 4.32. The van der Waals surface area contributed by atoms with Crippen molar-refractivity contribution in [2.45, 2.75) is 52.2 Å². The van der Waals surface area contributed by atoms with E-state index in [2.05, 4.69) is 0 Å². The highest BCUT2D eigenvalue weighted by Gasteiger charge is 2.27. The average molecular weight is 217 g/mol. The SMILES string of the molecule is CCC(O)(CC)CN(CC(=O)O)C(C)C. The smallest absolute Gasteiger partial charge is 0.317 e. The molecule has 90 valence electrons. The Morgan fingerprint density at radius 3 is 2.07 bits per heavy atom. The van der Waals surface area contributed by atoms with E-state index < -0.39 is 11.6 Å². The van der Waals surface area contributed by atoms with Crippen molar-refractivity contribution in [2.24, 2.45) is 0 Å². The molecule has 4 nitrogen and oxygen atoms in total. The second kappa shape index (κ2) is 6.08. The Labute approximate surface area is 91.9 Å². The Bertz CT molecular complexity index is 200. The van der Waals surface area contributed by atoms with Gasteiger partial charge in [-0.05, 0) is 26.7 Å². The summed E-state index contributed by atoms with van der Waals surface area (Å²) in [5.74, 6) is -0.849. The summed E-state index contributed by atoms with van der Waals surface area (Å²) >= 11 is 0. The molecule has 0 radical (unpaired) electrons. The first-order valence-electron chi connectivity index (χ1n) is 5.53. The van der Waals surface area contributed by atoms with Crippen molar-refractivity contribution in [3.63, 3.8) is 0 Å². The van der Waals surface area contributed by atoms with Gasteiger partial charge < -0.3 is 10.2 Å². The highest BCUT2D eigenvalue weighted by atomic mass is 16.4. The first kappa shape index (κ1) is 14.4. The summed E-state index contributed by atoms with van der Waals surface area (Å²) in [7, 11) is 0. The van der Waals surface area contributed by atoms with Crippen LogP contribution >= 0.6 is 0 Å². The molecule has 0 heterocycles. The van der Waals surface area contributed by atoms with E-state index >= 15 is 0 Å². The highest BCUT2D eigenvalue weighted by molar-refractivity contribution is 5.69. The van der Waals surface area contributed by atoms with E-state index in [0.717, 1.165) is 0 Å². The molecule has 0 unspecified atom stereocenters. The molecule has 0 rings (SSSR count). The lowest BCUT2D eigenvalue weighted by Gasteiger charge is -2.34. The lowest BCUT2D eigenvalue weighted by Crippen LogP contribution is -2.47. The average Bonchev–Trinajstić information content (AvgIpc) is 2.16. The van der Waals surface area contributed by atoms with Crippen LogP contribution in [0, 0.1) is 0 Å². The van der Waals surface area contributed by atoms with Crippen LogP contribution < -0.4 is 0 Å². The van der Waals surface area contributed by atoms with Gasteiger partial charge in [-0.2, -0.15) is 0 Å². The van der Waals surface area contributed by atoms with E-state index in [1.807, 2.05) is 27.7 Å². The molecule has 0 aliphatic heterocycles. The van der Waals surface area contributed by atoms with E-state index in [4.69, 9.17) is 5.11 Å². The van der Waals surface area contributed by atoms with Crippen LogP contribution in [0.1, 0.15) is 40.5 Å². The third-order valence-electron chi connectivity index (χ3n) is 2.88. The van der Waals surface area contributed by atoms with Gasteiger partial charge in [0.05, 0.1) is 12.1 Å². The van der Waals surface area contributed by atoms with Gasteiger partial charge in [0.25, 0.3) is 0 Å². The molecular weight excluding hydrogens is 194 g/mol. The molecule has 0 aromatic carbocycles. The molecule has 15 heavy (non-hydrogen) atoms. The maximum atomic E-state index is 10.7. The third kappa shape index (κ3) is 5.14. The van der Waals surface area contributed by atoms with Gasteiger partial charge in [0.1, 0.15) is 0 Å². The summed E-state index contributed by atoms with van der Waals surface area (Å²) in [5.41, 5.74) is -0.764. The summed E-state index contributed by atoms with van der Waals surface area (Å²) in [6.07, 6.45) is 1.29. The lowest BCUT2D eigenvalue weighted by molar-refractivity contribution is -0.139. The largest absolute Gasteiger partial charge is 0.480 e. The molecule has 0 saturated carbocycles. The molecule has 2 N–H and O–H groups in total. The predicted molar refractivity (Wildman–Crippen MR) is 59.9 cm³/mol. The molecule has 0 aromatic rings. The third-order valence-corrected chi connectivity index (χ3v) is 2.88. The van der Waals surface area contributed by atoms with Crippen LogP contribution in [0.5, 0.6) is 0 Å². The number of carboxylic acid groups (broad SMARTS) is 1. The van der Waals surface area contributed by atoms with Crippen molar-refractivity contribution in [1.82, 2.24) is 4.90 Å². The molecule has 0 atom stereocenters. The van der Waals surface area contributed by atoms with E-state index in [1.165, 1.54) is 0 Å². The minimum absolute atomic E-state index is 0.0139. The van der Waals surface area contributed by atoms with Gasteiger partial charge in [0.15, 0.2) is 0 Å². The molecule has 0 fully saturated rings. The molecule has 0 aliphatic rings. The van der Waals surface area contributed by atoms with Crippen LogP contribution in [0.2, 0.25) is 0 Å². The van der Waals surface area contributed by atoms with Gasteiger partial charge in [-0.15, -0.1) is 0 Å². The van der Waals surface area contributed by atoms with Crippen LogP contribution in [0.3, 0.4) is 0 Å². The maximum Gasteiger partial charge on any atom is 0.317 e. The number of hydrogen-bond donors (Lipinski definition) is 2. The van der Waals surface area contributed by atoms with E-state index in [-0.39, 0.29) is 12.6 Å². The Morgan fingerprint density at radius 2 is 1.80 bits per heavy atom. The Kier molecular flexibility index (Phi) is 5.83. The summed E-state index contributed by atoms with van der Waals surface area (Å²) < 4.78 is 0. The fourth-order valence-electron chi connectivity index (χ4n) is 1.45. The number of aliphatic hydroxyl groups is 1. The zero-order chi connectivity index (χ0) is 12.1.